The maximum atomic E-state index is 10.7. The summed E-state index contributed by atoms with van der Waals surface area (Å²) in [6, 6.07) is 1.89. The summed E-state index contributed by atoms with van der Waals surface area (Å²) in [5.41, 5.74) is 0.989. The number of aliphatic carboxylic acids is 1. The first-order valence-electron chi connectivity index (χ1n) is 5.11. The highest BCUT2D eigenvalue weighted by molar-refractivity contribution is 5.69. The highest BCUT2D eigenvalue weighted by Crippen LogP contribution is 2.18. The van der Waals surface area contributed by atoms with E-state index in [0.29, 0.717) is 6.54 Å². The van der Waals surface area contributed by atoms with Gasteiger partial charge in [-0.15, -0.1) is 6.58 Å². The average Bonchev–Trinajstić information content (AvgIpc) is 2.62. The molecule has 0 bridgehead atoms. The molecule has 16 heavy (non-hydrogen) atoms. The quantitative estimate of drug-likeness (QED) is 0.732. The van der Waals surface area contributed by atoms with E-state index in [0.717, 1.165) is 5.69 Å². The summed E-state index contributed by atoms with van der Waals surface area (Å²) < 4.78 is 1.75. The molecule has 1 heterocycles. The number of carboxylic acids is 1. The first kappa shape index (κ1) is 12.4. The molecule has 1 rings (SSSR count). The molecule has 0 fully saturated rings. The van der Waals surface area contributed by atoms with Gasteiger partial charge in [0, 0.05) is 25.8 Å². The third kappa shape index (κ3) is 2.93. The minimum absolute atomic E-state index is 0.00148. The summed E-state index contributed by atoms with van der Waals surface area (Å²) in [6.07, 6.45) is 3.41. The predicted octanol–water partition coefficient (Wildman–Crippen LogP) is 1.05. The Morgan fingerprint density at radius 2 is 2.50 bits per heavy atom. The van der Waals surface area contributed by atoms with E-state index in [4.69, 9.17) is 5.11 Å². The number of aryl methyl sites for hydroxylation is 1. The van der Waals surface area contributed by atoms with E-state index in [1.807, 2.05) is 24.9 Å². The number of hydrogen-bond donors (Lipinski definition) is 1. The predicted molar refractivity (Wildman–Crippen MR) is 61.0 cm³/mol. The van der Waals surface area contributed by atoms with Crippen LogP contribution in [0.2, 0.25) is 0 Å². The van der Waals surface area contributed by atoms with Gasteiger partial charge in [-0.1, -0.05) is 6.08 Å². The van der Waals surface area contributed by atoms with E-state index in [-0.39, 0.29) is 12.6 Å². The van der Waals surface area contributed by atoms with E-state index >= 15 is 0 Å². The van der Waals surface area contributed by atoms with Crippen molar-refractivity contribution in [3.63, 3.8) is 0 Å². The summed E-state index contributed by atoms with van der Waals surface area (Å²) in [4.78, 5) is 12.6. The minimum Gasteiger partial charge on any atom is -0.480 e. The van der Waals surface area contributed by atoms with E-state index < -0.39 is 5.97 Å². The van der Waals surface area contributed by atoms with Crippen LogP contribution in [0.25, 0.3) is 0 Å². The average molecular weight is 223 g/mol. The molecule has 1 N–H and O–H groups in total. The van der Waals surface area contributed by atoms with Gasteiger partial charge in [-0.2, -0.15) is 5.10 Å². The lowest BCUT2D eigenvalue weighted by Crippen LogP contribution is -2.33. The van der Waals surface area contributed by atoms with Gasteiger partial charge in [0.15, 0.2) is 0 Å². The van der Waals surface area contributed by atoms with Gasteiger partial charge in [-0.3, -0.25) is 14.4 Å². The summed E-state index contributed by atoms with van der Waals surface area (Å²) in [7, 11) is 1.85. The molecule has 0 aliphatic carbocycles. The molecular weight excluding hydrogens is 206 g/mol. The van der Waals surface area contributed by atoms with Crippen molar-refractivity contribution in [2.24, 2.45) is 7.05 Å². The Kier molecular flexibility index (Phi) is 4.25. The van der Waals surface area contributed by atoms with Crippen LogP contribution < -0.4 is 0 Å². The van der Waals surface area contributed by atoms with Crippen molar-refractivity contribution in [3.8, 4) is 0 Å². The largest absolute Gasteiger partial charge is 0.480 e. The summed E-state index contributed by atoms with van der Waals surface area (Å²) in [5.74, 6) is -0.837. The van der Waals surface area contributed by atoms with E-state index in [1.165, 1.54) is 0 Å². The number of carboxylic acid groups (broad SMARTS) is 1. The SMILES string of the molecule is C=CCN(CC(=O)O)C(C)c1ccnn1C. The first-order chi connectivity index (χ1) is 7.56. The van der Waals surface area contributed by atoms with Crippen molar-refractivity contribution in [1.82, 2.24) is 14.7 Å². The lowest BCUT2D eigenvalue weighted by Gasteiger charge is -2.26. The van der Waals surface area contributed by atoms with Crippen LogP contribution in [0.1, 0.15) is 18.7 Å². The smallest absolute Gasteiger partial charge is 0.317 e. The van der Waals surface area contributed by atoms with Gasteiger partial charge < -0.3 is 5.11 Å². The van der Waals surface area contributed by atoms with Crippen molar-refractivity contribution < 1.29 is 9.90 Å². The van der Waals surface area contributed by atoms with Crippen molar-refractivity contribution in [3.05, 3.63) is 30.6 Å². The standard InChI is InChI=1S/C11H17N3O2/c1-4-7-14(8-11(15)16)9(2)10-5-6-12-13(10)3/h4-6,9H,1,7-8H2,2-3H3,(H,15,16). The molecule has 88 valence electrons. The number of hydrogen-bond acceptors (Lipinski definition) is 3. The lowest BCUT2D eigenvalue weighted by molar-refractivity contribution is -0.138. The molecule has 0 radical (unpaired) electrons. The third-order valence-electron chi connectivity index (χ3n) is 2.54. The van der Waals surface area contributed by atoms with Crippen molar-refractivity contribution in [1.29, 1.82) is 0 Å². The molecule has 1 atom stereocenters. The molecule has 0 amide bonds. The molecule has 1 aromatic heterocycles. The monoisotopic (exact) mass is 223 g/mol. The third-order valence-corrected chi connectivity index (χ3v) is 2.54. The van der Waals surface area contributed by atoms with E-state index in [1.54, 1.807) is 17.0 Å². The molecule has 0 aliphatic heterocycles. The summed E-state index contributed by atoms with van der Waals surface area (Å²) in [5, 5.41) is 12.9. The van der Waals surface area contributed by atoms with Crippen LogP contribution in [0.5, 0.6) is 0 Å². The van der Waals surface area contributed by atoms with Gasteiger partial charge in [0.05, 0.1) is 12.2 Å². The molecule has 1 unspecified atom stereocenters. The molecule has 0 aliphatic rings. The minimum atomic E-state index is -0.837. The molecule has 1 aromatic rings. The molecule has 0 saturated carbocycles. The second-order valence-corrected chi connectivity index (χ2v) is 3.67. The lowest BCUT2D eigenvalue weighted by atomic mass is 10.2. The number of aromatic nitrogens is 2. The van der Waals surface area contributed by atoms with Crippen LogP contribution in [0.4, 0.5) is 0 Å². The molecular formula is C11H17N3O2. The van der Waals surface area contributed by atoms with Gasteiger partial charge in [-0.25, -0.2) is 0 Å². The van der Waals surface area contributed by atoms with Crippen LogP contribution in [0.3, 0.4) is 0 Å². The fourth-order valence-electron chi connectivity index (χ4n) is 1.68. The van der Waals surface area contributed by atoms with Crippen molar-refractivity contribution in [2.75, 3.05) is 13.1 Å². The highest BCUT2D eigenvalue weighted by atomic mass is 16.4. The fraction of sp³-hybridized carbons (Fsp3) is 0.455. The first-order valence-corrected chi connectivity index (χ1v) is 5.11. The molecule has 5 heteroatoms. The normalized spacial score (nSPS) is 12.7. The molecule has 5 nitrogen and oxygen atoms in total. The van der Waals surface area contributed by atoms with Gasteiger partial charge in [-0.05, 0) is 13.0 Å². The van der Waals surface area contributed by atoms with Crippen LogP contribution in [-0.2, 0) is 11.8 Å². The Labute approximate surface area is 95.0 Å². The van der Waals surface area contributed by atoms with Gasteiger partial charge in [0.25, 0.3) is 0 Å². The van der Waals surface area contributed by atoms with Gasteiger partial charge in [0.2, 0.25) is 0 Å². The number of nitrogens with zero attached hydrogens (tertiary/aromatic N) is 3. The zero-order chi connectivity index (χ0) is 12.1. The van der Waals surface area contributed by atoms with E-state index in [2.05, 4.69) is 11.7 Å². The van der Waals surface area contributed by atoms with Crippen LogP contribution in [0.15, 0.2) is 24.9 Å². The molecule has 0 aromatic carbocycles. The highest BCUT2D eigenvalue weighted by Gasteiger charge is 2.19. The van der Waals surface area contributed by atoms with Gasteiger partial charge in [0.1, 0.15) is 0 Å². The zero-order valence-electron chi connectivity index (χ0n) is 9.63. The number of rotatable bonds is 6. The Hall–Kier alpha value is -1.62. The van der Waals surface area contributed by atoms with Crippen LogP contribution in [0, 0.1) is 0 Å². The Bertz CT molecular complexity index is 373. The Morgan fingerprint density at radius 1 is 1.81 bits per heavy atom. The second-order valence-electron chi connectivity index (χ2n) is 3.67. The Balaban J connectivity index is 2.81. The molecule has 0 spiro atoms. The van der Waals surface area contributed by atoms with Crippen LogP contribution in [-0.4, -0.2) is 38.8 Å². The van der Waals surface area contributed by atoms with Crippen LogP contribution >= 0.6 is 0 Å². The van der Waals surface area contributed by atoms with E-state index in [9.17, 15) is 4.79 Å². The summed E-state index contributed by atoms with van der Waals surface area (Å²) in [6.45, 7) is 6.14. The fourth-order valence-corrected chi connectivity index (χ4v) is 1.68. The maximum Gasteiger partial charge on any atom is 0.317 e. The Morgan fingerprint density at radius 3 is 2.94 bits per heavy atom. The second kappa shape index (κ2) is 5.46. The maximum absolute atomic E-state index is 10.7. The van der Waals surface area contributed by atoms with Gasteiger partial charge >= 0.3 is 5.97 Å². The molecule has 0 saturated heterocycles. The van der Waals surface area contributed by atoms with Crippen molar-refractivity contribution >= 4 is 5.97 Å². The number of carbonyl (C=O) groups is 1. The van der Waals surface area contributed by atoms with Crippen molar-refractivity contribution in [2.45, 2.75) is 13.0 Å². The topological polar surface area (TPSA) is 58.4 Å². The summed E-state index contributed by atoms with van der Waals surface area (Å²) >= 11 is 0. The zero-order valence-corrected chi connectivity index (χ0v) is 9.63.